The van der Waals surface area contributed by atoms with Crippen molar-refractivity contribution in [3.63, 3.8) is 0 Å². The van der Waals surface area contributed by atoms with Gasteiger partial charge in [0.25, 0.3) is 0 Å². The highest BCUT2D eigenvalue weighted by Crippen LogP contribution is 2.28. The topological polar surface area (TPSA) is 114 Å². The number of ether oxygens (including phenoxy) is 2. The molecule has 0 saturated carbocycles. The Labute approximate surface area is 132 Å². The van der Waals surface area contributed by atoms with Gasteiger partial charge in [0.05, 0.1) is 12.7 Å². The van der Waals surface area contributed by atoms with Gasteiger partial charge in [0.15, 0.2) is 17.5 Å². The third kappa shape index (κ3) is 4.07. The van der Waals surface area contributed by atoms with E-state index < -0.39 is 5.97 Å². The van der Waals surface area contributed by atoms with Crippen molar-refractivity contribution in [3.05, 3.63) is 53.6 Å². The molecule has 2 aromatic carbocycles. The van der Waals surface area contributed by atoms with E-state index in [1.54, 1.807) is 24.3 Å². The molecular weight excluding hydrogens is 298 g/mol. The predicted molar refractivity (Wildman–Crippen MR) is 85.3 cm³/mol. The summed E-state index contributed by atoms with van der Waals surface area (Å²) in [6.45, 7) is 0. The number of methoxy groups -OCH3 is 1. The zero-order valence-electron chi connectivity index (χ0n) is 12.3. The Morgan fingerprint density at radius 2 is 1.87 bits per heavy atom. The van der Waals surface area contributed by atoms with Gasteiger partial charge in [-0.15, -0.1) is 0 Å². The van der Waals surface area contributed by atoms with Gasteiger partial charge in [-0.1, -0.05) is 0 Å². The molecule has 0 heterocycles. The molecule has 7 heteroatoms. The first-order chi connectivity index (χ1) is 11.0. The van der Waals surface area contributed by atoms with Gasteiger partial charge >= 0.3 is 5.97 Å². The van der Waals surface area contributed by atoms with Crippen LogP contribution in [-0.4, -0.2) is 25.3 Å². The van der Waals surface area contributed by atoms with Crippen molar-refractivity contribution in [3.8, 4) is 11.5 Å². The molecule has 0 aromatic heterocycles. The minimum absolute atomic E-state index is 0.194. The molecule has 0 unspecified atom stereocenters. The maximum atomic E-state index is 12.1. The van der Waals surface area contributed by atoms with Crippen LogP contribution in [0.5, 0.6) is 11.5 Å². The van der Waals surface area contributed by atoms with E-state index in [0.29, 0.717) is 23.1 Å². The maximum Gasteiger partial charge on any atom is 0.343 e. The molecule has 0 fully saturated rings. The second-order valence-corrected chi connectivity index (χ2v) is 4.53. The maximum absolute atomic E-state index is 12.1. The summed E-state index contributed by atoms with van der Waals surface area (Å²) in [5.74, 6) is -0.260. The number of anilines is 1. The van der Waals surface area contributed by atoms with Crippen LogP contribution < -0.4 is 20.5 Å². The van der Waals surface area contributed by atoms with Crippen molar-refractivity contribution < 1.29 is 19.1 Å². The molecule has 23 heavy (non-hydrogen) atoms. The summed E-state index contributed by atoms with van der Waals surface area (Å²) in [7, 11) is 1.42. The monoisotopic (exact) mass is 313 g/mol. The number of nitrogens with one attached hydrogen (secondary N) is 2. The standard InChI is InChI=1S/C16H15N3O4/c1-22-14-8-10(9-20)2-7-13(14)23-15(21)11-3-5-12(6-4-11)19-16(17)18/h2-9H,1H3,(H4,17,18,19). The van der Waals surface area contributed by atoms with Crippen LogP contribution in [0.25, 0.3) is 0 Å². The Hall–Kier alpha value is -3.35. The lowest BCUT2D eigenvalue weighted by Gasteiger charge is -2.10. The second kappa shape index (κ2) is 7.08. The van der Waals surface area contributed by atoms with E-state index in [-0.39, 0.29) is 17.5 Å². The largest absolute Gasteiger partial charge is 0.493 e. The van der Waals surface area contributed by atoms with Gasteiger partial charge in [-0.3, -0.25) is 10.2 Å². The minimum atomic E-state index is -0.573. The van der Waals surface area contributed by atoms with Gasteiger partial charge in [0, 0.05) is 11.3 Å². The van der Waals surface area contributed by atoms with Crippen molar-refractivity contribution in [2.45, 2.75) is 0 Å². The molecule has 0 aliphatic heterocycles. The summed E-state index contributed by atoms with van der Waals surface area (Å²) in [5, 5.41) is 9.74. The van der Waals surface area contributed by atoms with Crippen LogP contribution in [0.3, 0.4) is 0 Å². The molecular formula is C16H15N3O4. The molecule has 0 spiro atoms. The fourth-order valence-corrected chi connectivity index (χ4v) is 1.85. The molecule has 0 atom stereocenters. The second-order valence-electron chi connectivity index (χ2n) is 4.53. The van der Waals surface area contributed by atoms with Crippen LogP contribution in [0.15, 0.2) is 42.5 Å². The fourth-order valence-electron chi connectivity index (χ4n) is 1.85. The third-order valence-electron chi connectivity index (χ3n) is 2.93. The van der Waals surface area contributed by atoms with Crippen LogP contribution in [0, 0.1) is 5.41 Å². The zero-order chi connectivity index (χ0) is 16.8. The molecule has 7 nitrogen and oxygen atoms in total. The summed E-state index contributed by atoms with van der Waals surface area (Å²) in [4.78, 5) is 22.9. The number of guanidine groups is 1. The number of nitrogens with two attached hydrogens (primary N) is 1. The number of rotatable bonds is 5. The van der Waals surface area contributed by atoms with Crippen molar-refractivity contribution in [2.75, 3.05) is 12.4 Å². The molecule has 0 bridgehead atoms. The van der Waals surface area contributed by atoms with Gasteiger partial charge in [-0.2, -0.15) is 0 Å². The molecule has 2 rings (SSSR count). The van der Waals surface area contributed by atoms with Gasteiger partial charge in [0.1, 0.15) is 6.29 Å². The average Bonchev–Trinajstić information content (AvgIpc) is 2.55. The highest BCUT2D eigenvalue weighted by molar-refractivity contribution is 5.93. The van der Waals surface area contributed by atoms with Crippen LogP contribution in [-0.2, 0) is 0 Å². The Balaban J connectivity index is 2.15. The van der Waals surface area contributed by atoms with Gasteiger partial charge in [-0.05, 0) is 42.5 Å². The third-order valence-corrected chi connectivity index (χ3v) is 2.93. The summed E-state index contributed by atoms with van der Waals surface area (Å²) in [5.41, 5.74) is 6.55. The quantitative estimate of drug-likeness (QED) is 0.256. The first-order valence-electron chi connectivity index (χ1n) is 6.60. The number of carbonyl (C=O) groups is 2. The van der Waals surface area contributed by atoms with Crippen LogP contribution in [0.2, 0.25) is 0 Å². The molecule has 118 valence electrons. The van der Waals surface area contributed by atoms with E-state index >= 15 is 0 Å². The molecule has 0 aliphatic carbocycles. The lowest BCUT2D eigenvalue weighted by molar-refractivity contribution is 0.0729. The number of esters is 1. The molecule has 0 radical (unpaired) electrons. The Kier molecular flexibility index (Phi) is 4.93. The Bertz CT molecular complexity index is 741. The summed E-state index contributed by atoms with van der Waals surface area (Å²) < 4.78 is 10.4. The van der Waals surface area contributed by atoms with E-state index in [0.717, 1.165) is 0 Å². The summed E-state index contributed by atoms with van der Waals surface area (Å²) >= 11 is 0. The number of hydrogen-bond acceptors (Lipinski definition) is 5. The Morgan fingerprint density at radius 1 is 1.17 bits per heavy atom. The first-order valence-corrected chi connectivity index (χ1v) is 6.60. The normalized spacial score (nSPS) is 9.78. The number of carbonyl (C=O) groups excluding carboxylic acids is 2. The molecule has 4 N–H and O–H groups in total. The molecule has 0 saturated heterocycles. The average molecular weight is 313 g/mol. The van der Waals surface area contributed by atoms with E-state index in [1.165, 1.54) is 25.3 Å². The number of aldehydes is 1. The predicted octanol–water partition coefficient (Wildman–Crippen LogP) is 2.03. The minimum Gasteiger partial charge on any atom is -0.493 e. The van der Waals surface area contributed by atoms with Crippen LogP contribution in [0.4, 0.5) is 5.69 Å². The van der Waals surface area contributed by atoms with Gasteiger partial charge in [0.2, 0.25) is 0 Å². The molecule has 0 amide bonds. The lowest BCUT2D eigenvalue weighted by atomic mass is 10.2. The van der Waals surface area contributed by atoms with Crippen molar-refractivity contribution >= 4 is 23.9 Å². The smallest absolute Gasteiger partial charge is 0.343 e. The highest BCUT2D eigenvalue weighted by Gasteiger charge is 2.13. The van der Waals surface area contributed by atoms with Crippen molar-refractivity contribution in [1.82, 2.24) is 0 Å². The van der Waals surface area contributed by atoms with Gasteiger partial charge < -0.3 is 20.5 Å². The Morgan fingerprint density at radius 3 is 2.43 bits per heavy atom. The molecule has 0 aliphatic rings. The van der Waals surface area contributed by atoms with Crippen molar-refractivity contribution in [1.29, 1.82) is 5.41 Å². The number of benzene rings is 2. The van der Waals surface area contributed by atoms with Gasteiger partial charge in [-0.25, -0.2) is 4.79 Å². The van der Waals surface area contributed by atoms with E-state index in [4.69, 9.17) is 20.6 Å². The first kappa shape index (κ1) is 16.0. The van der Waals surface area contributed by atoms with Crippen LogP contribution >= 0.6 is 0 Å². The van der Waals surface area contributed by atoms with E-state index in [9.17, 15) is 9.59 Å². The fraction of sp³-hybridized carbons (Fsp3) is 0.0625. The summed E-state index contributed by atoms with van der Waals surface area (Å²) in [6, 6.07) is 10.8. The lowest BCUT2D eigenvalue weighted by Crippen LogP contribution is -2.20. The van der Waals surface area contributed by atoms with Crippen LogP contribution in [0.1, 0.15) is 20.7 Å². The zero-order valence-corrected chi connectivity index (χ0v) is 12.3. The van der Waals surface area contributed by atoms with E-state index in [2.05, 4.69) is 5.32 Å². The van der Waals surface area contributed by atoms with Crippen molar-refractivity contribution in [2.24, 2.45) is 5.73 Å². The van der Waals surface area contributed by atoms with E-state index in [1.807, 2.05) is 0 Å². The highest BCUT2D eigenvalue weighted by atomic mass is 16.6. The SMILES string of the molecule is COc1cc(C=O)ccc1OC(=O)c1ccc(NC(=N)N)cc1. The number of hydrogen-bond donors (Lipinski definition) is 3. The molecule has 2 aromatic rings. The summed E-state index contributed by atoms with van der Waals surface area (Å²) in [6.07, 6.45) is 0.675.